The van der Waals surface area contributed by atoms with E-state index in [1.165, 1.54) is 6.92 Å². The van der Waals surface area contributed by atoms with E-state index in [1.807, 2.05) is 0 Å². The van der Waals surface area contributed by atoms with Gasteiger partial charge in [-0.3, -0.25) is 0 Å². The molecule has 0 fully saturated rings. The summed E-state index contributed by atoms with van der Waals surface area (Å²) in [6.45, 7) is 1.30. The van der Waals surface area contributed by atoms with E-state index in [9.17, 15) is 22.5 Å². The molecule has 2 aromatic rings. The van der Waals surface area contributed by atoms with E-state index in [1.54, 1.807) is 0 Å². The Morgan fingerprint density at radius 1 is 0.960 bits per heavy atom. The topological polar surface area (TPSA) is 61.8 Å². The maximum atomic E-state index is 14.4. The molecule has 134 valence electrons. The van der Waals surface area contributed by atoms with Gasteiger partial charge in [0.1, 0.15) is 23.1 Å². The molecular weight excluding hydrogens is 360 g/mol. The van der Waals surface area contributed by atoms with Crippen LogP contribution in [0.25, 0.3) is 0 Å². The molecule has 0 saturated carbocycles. The minimum absolute atomic E-state index is 0.146. The van der Waals surface area contributed by atoms with Crippen LogP contribution in [0.4, 0.5) is 13.2 Å². The number of benzene rings is 2. The summed E-state index contributed by atoms with van der Waals surface area (Å²) in [6, 6.07) is 8.35. The average Bonchev–Trinajstić information content (AvgIpc) is 2.58. The molecule has 1 atom stereocenters. The summed E-state index contributed by atoms with van der Waals surface area (Å²) in [6.07, 6.45) is 0. The van der Waals surface area contributed by atoms with Crippen LogP contribution >= 0.6 is 7.60 Å². The van der Waals surface area contributed by atoms with E-state index in [2.05, 4.69) is 4.74 Å². The van der Waals surface area contributed by atoms with Crippen LogP contribution < -0.4 is 9.05 Å². The minimum atomic E-state index is -4.76. The molecule has 0 aliphatic carbocycles. The molecular formula is C16H14F3O5P. The van der Waals surface area contributed by atoms with Crippen LogP contribution in [0, 0.1) is 11.6 Å². The number of alkyl halides is 1. The fourth-order valence-corrected chi connectivity index (χ4v) is 3.12. The molecule has 1 unspecified atom stereocenters. The third-order valence-corrected chi connectivity index (χ3v) is 4.55. The highest BCUT2D eigenvalue weighted by Gasteiger charge is 2.46. The van der Waals surface area contributed by atoms with E-state index in [-0.39, 0.29) is 18.1 Å². The Kier molecular flexibility index (Phi) is 6.09. The van der Waals surface area contributed by atoms with Crippen LogP contribution in [0.1, 0.15) is 6.92 Å². The first-order valence-electron chi connectivity index (χ1n) is 7.15. The standard InChI is InChI=1S/C16H14F3O5P/c1-2-22-16(20)15(19)25(21,23-13-7-3-11(17)4-8-13)24-14-9-5-12(18)6-10-14/h3-10,15H,2H2,1H3. The SMILES string of the molecule is CCOC(=O)C(F)P(=O)(Oc1ccc(F)cc1)Oc1ccc(F)cc1. The van der Waals surface area contributed by atoms with Gasteiger partial charge >= 0.3 is 19.5 Å². The highest BCUT2D eigenvalue weighted by molar-refractivity contribution is 7.56. The predicted octanol–water partition coefficient (Wildman–Crippen LogP) is 4.47. The van der Waals surface area contributed by atoms with Gasteiger partial charge in [0, 0.05) is 0 Å². The second-order valence-electron chi connectivity index (χ2n) is 4.72. The normalized spacial score (nSPS) is 12.3. The van der Waals surface area contributed by atoms with Gasteiger partial charge < -0.3 is 13.8 Å². The molecule has 0 aliphatic heterocycles. The molecule has 0 aliphatic rings. The molecule has 25 heavy (non-hydrogen) atoms. The van der Waals surface area contributed by atoms with E-state index in [0.717, 1.165) is 48.5 Å². The van der Waals surface area contributed by atoms with Crippen LogP contribution in [0.3, 0.4) is 0 Å². The van der Waals surface area contributed by atoms with Crippen LogP contribution in [0.5, 0.6) is 11.5 Å². The summed E-state index contributed by atoms with van der Waals surface area (Å²) in [5.74, 6) is -5.73. The van der Waals surface area contributed by atoms with Gasteiger partial charge in [-0.1, -0.05) is 0 Å². The Morgan fingerprint density at radius 2 is 1.36 bits per heavy atom. The first-order chi connectivity index (χ1) is 11.8. The van der Waals surface area contributed by atoms with Gasteiger partial charge in [0.05, 0.1) is 6.61 Å². The average molecular weight is 374 g/mol. The lowest BCUT2D eigenvalue weighted by Gasteiger charge is -2.21. The monoisotopic (exact) mass is 374 g/mol. The predicted molar refractivity (Wildman–Crippen MR) is 83.2 cm³/mol. The van der Waals surface area contributed by atoms with Crippen molar-refractivity contribution < 1.29 is 36.3 Å². The molecule has 2 rings (SSSR count). The quantitative estimate of drug-likeness (QED) is 0.528. The van der Waals surface area contributed by atoms with Gasteiger partial charge in [-0.2, -0.15) is 0 Å². The van der Waals surface area contributed by atoms with Gasteiger partial charge in [0.2, 0.25) is 0 Å². The molecule has 2 aromatic carbocycles. The van der Waals surface area contributed by atoms with Crippen molar-refractivity contribution in [1.29, 1.82) is 0 Å². The Morgan fingerprint density at radius 3 is 1.72 bits per heavy atom. The molecule has 0 aromatic heterocycles. The zero-order chi connectivity index (χ0) is 18.4. The van der Waals surface area contributed by atoms with Crippen molar-refractivity contribution in [3.63, 3.8) is 0 Å². The zero-order valence-electron chi connectivity index (χ0n) is 13.0. The number of ether oxygens (including phenoxy) is 1. The summed E-state index contributed by atoms with van der Waals surface area (Å²) in [5, 5.41) is 0. The molecule has 0 bridgehead atoms. The van der Waals surface area contributed by atoms with E-state index in [0.29, 0.717) is 0 Å². The maximum absolute atomic E-state index is 14.4. The maximum Gasteiger partial charge on any atom is 0.476 e. The second-order valence-corrected chi connectivity index (χ2v) is 6.62. The second kappa shape index (κ2) is 8.07. The van der Waals surface area contributed by atoms with Crippen molar-refractivity contribution in [1.82, 2.24) is 0 Å². The van der Waals surface area contributed by atoms with E-state index < -0.39 is 31.1 Å². The van der Waals surface area contributed by atoms with Gasteiger partial charge in [-0.05, 0) is 55.5 Å². The van der Waals surface area contributed by atoms with Crippen LogP contribution in [0.15, 0.2) is 48.5 Å². The largest absolute Gasteiger partial charge is 0.476 e. The fraction of sp³-hybridized carbons (Fsp3) is 0.188. The van der Waals surface area contributed by atoms with Crippen LogP contribution in [-0.4, -0.2) is 18.5 Å². The number of halogens is 3. The van der Waals surface area contributed by atoms with Gasteiger partial charge in [0.15, 0.2) is 0 Å². The van der Waals surface area contributed by atoms with Crippen molar-refractivity contribution in [2.45, 2.75) is 12.8 Å². The molecule has 0 N–H and O–H groups in total. The van der Waals surface area contributed by atoms with Gasteiger partial charge in [0.25, 0.3) is 0 Å². The Balaban J connectivity index is 2.31. The van der Waals surface area contributed by atoms with Crippen LogP contribution in [0.2, 0.25) is 0 Å². The number of hydrogen-bond donors (Lipinski definition) is 0. The highest BCUT2D eigenvalue weighted by atomic mass is 31.2. The van der Waals surface area contributed by atoms with Crippen molar-refractivity contribution >= 4 is 13.6 Å². The summed E-state index contributed by atoms with van der Waals surface area (Å²) < 4.78 is 67.7. The molecule has 0 radical (unpaired) electrons. The van der Waals surface area contributed by atoms with Crippen molar-refractivity contribution in [3.05, 3.63) is 60.2 Å². The van der Waals surface area contributed by atoms with E-state index in [4.69, 9.17) is 9.05 Å². The van der Waals surface area contributed by atoms with Gasteiger partial charge in [-0.25, -0.2) is 22.5 Å². The van der Waals surface area contributed by atoms with Crippen molar-refractivity contribution in [2.24, 2.45) is 0 Å². The highest BCUT2D eigenvalue weighted by Crippen LogP contribution is 2.53. The third kappa shape index (κ3) is 5.00. The number of hydrogen-bond acceptors (Lipinski definition) is 5. The Bertz CT molecular complexity index is 713. The van der Waals surface area contributed by atoms with Crippen LogP contribution in [-0.2, 0) is 14.1 Å². The lowest BCUT2D eigenvalue weighted by molar-refractivity contribution is -0.146. The Labute approximate surface area is 141 Å². The summed E-state index contributed by atoms with van der Waals surface area (Å²) >= 11 is 0. The molecule has 0 spiro atoms. The van der Waals surface area contributed by atoms with Gasteiger partial charge in [-0.15, -0.1) is 0 Å². The number of esters is 1. The molecule has 5 nitrogen and oxygen atoms in total. The summed E-state index contributed by atoms with van der Waals surface area (Å²) in [4.78, 5) is 11.6. The molecule has 0 saturated heterocycles. The lowest BCUT2D eigenvalue weighted by atomic mass is 10.3. The summed E-state index contributed by atoms with van der Waals surface area (Å²) in [7, 11) is -4.76. The summed E-state index contributed by atoms with van der Waals surface area (Å²) in [5.41, 5.74) is 0. The first kappa shape index (κ1) is 18.9. The van der Waals surface area contributed by atoms with Crippen molar-refractivity contribution in [2.75, 3.05) is 6.61 Å². The first-order valence-corrected chi connectivity index (χ1v) is 8.76. The fourth-order valence-electron chi connectivity index (χ4n) is 1.74. The number of carbonyl (C=O) groups excluding carboxylic acids is 1. The number of rotatable bonds is 7. The van der Waals surface area contributed by atoms with E-state index >= 15 is 0 Å². The zero-order valence-corrected chi connectivity index (χ0v) is 13.9. The molecule has 0 heterocycles. The lowest BCUT2D eigenvalue weighted by Crippen LogP contribution is -2.24. The molecule has 0 amide bonds. The van der Waals surface area contributed by atoms with Crippen molar-refractivity contribution in [3.8, 4) is 11.5 Å². The minimum Gasteiger partial charge on any atom is -0.463 e. The Hall–Kier alpha value is -2.47. The third-order valence-electron chi connectivity index (χ3n) is 2.85. The number of carbonyl (C=O) groups is 1. The smallest absolute Gasteiger partial charge is 0.463 e. The molecule has 9 heteroatoms.